The van der Waals surface area contributed by atoms with Crippen molar-refractivity contribution in [2.24, 2.45) is 0 Å². The largest absolute Gasteiger partial charge is 0.398 e. The molecule has 0 saturated heterocycles. The molecule has 1 aromatic rings. The fraction of sp³-hybridized carbons (Fsp3) is 0.500. The van der Waals surface area contributed by atoms with E-state index in [4.69, 9.17) is 22.1 Å². The first-order valence-electron chi connectivity index (χ1n) is 6.10. The van der Waals surface area contributed by atoms with Crippen molar-refractivity contribution in [2.75, 3.05) is 25.5 Å². The molecule has 0 aromatic heterocycles. The van der Waals surface area contributed by atoms with Crippen molar-refractivity contribution in [3.63, 3.8) is 0 Å². The van der Waals surface area contributed by atoms with Gasteiger partial charge in [0.15, 0.2) is 0 Å². The maximum Gasteiger partial charge on any atom is 0.242 e. The molecule has 0 aliphatic heterocycles. The van der Waals surface area contributed by atoms with Crippen LogP contribution in [-0.2, 0) is 14.8 Å². The molecule has 0 aliphatic rings. The Hall–Kier alpha value is -0.820. The summed E-state index contributed by atoms with van der Waals surface area (Å²) in [7, 11) is -3.59. The lowest BCUT2D eigenvalue weighted by molar-refractivity contribution is 0.133. The first-order valence-corrected chi connectivity index (χ1v) is 7.96. The number of halogens is 1. The molecule has 19 heavy (non-hydrogen) atoms. The highest BCUT2D eigenvalue weighted by atomic mass is 35.5. The fourth-order valence-corrected chi connectivity index (χ4v) is 2.83. The van der Waals surface area contributed by atoms with Crippen molar-refractivity contribution in [2.45, 2.75) is 24.7 Å². The van der Waals surface area contributed by atoms with Crippen LogP contribution >= 0.6 is 11.6 Å². The Labute approximate surface area is 119 Å². The van der Waals surface area contributed by atoms with Crippen LogP contribution in [0.25, 0.3) is 0 Å². The summed E-state index contributed by atoms with van der Waals surface area (Å²) >= 11 is 5.73. The summed E-state index contributed by atoms with van der Waals surface area (Å²) < 4.78 is 31.7. The molecule has 0 amide bonds. The molecular formula is C12H19ClN2O3S. The SMILES string of the molecule is CCCOCCCNS(=O)(=O)c1ccc(Cl)cc1N. The number of nitrogens with two attached hydrogens (primary N) is 1. The predicted molar refractivity (Wildman–Crippen MR) is 76.8 cm³/mol. The topological polar surface area (TPSA) is 81.4 Å². The molecule has 1 rings (SSSR count). The molecule has 7 heteroatoms. The minimum absolute atomic E-state index is 0.0476. The lowest BCUT2D eigenvalue weighted by Crippen LogP contribution is -2.26. The Bertz CT molecular complexity index is 506. The van der Waals surface area contributed by atoms with E-state index in [0.717, 1.165) is 6.42 Å². The van der Waals surface area contributed by atoms with E-state index in [1.807, 2.05) is 6.92 Å². The van der Waals surface area contributed by atoms with E-state index in [2.05, 4.69) is 4.72 Å². The molecule has 0 spiro atoms. The molecule has 1 aromatic carbocycles. The highest BCUT2D eigenvalue weighted by Gasteiger charge is 2.16. The third kappa shape index (κ3) is 5.36. The van der Waals surface area contributed by atoms with Gasteiger partial charge in [0, 0.05) is 24.8 Å². The predicted octanol–water partition coefficient (Wildman–Crippen LogP) is 2.02. The van der Waals surface area contributed by atoms with Crippen molar-refractivity contribution >= 4 is 27.3 Å². The van der Waals surface area contributed by atoms with Gasteiger partial charge in [-0.25, -0.2) is 13.1 Å². The molecular weight excluding hydrogens is 288 g/mol. The van der Waals surface area contributed by atoms with Crippen LogP contribution < -0.4 is 10.5 Å². The average molecular weight is 307 g/mol. The zero-order valence-electron chi connectivity index (χ0n) is 10.9. The molecule has 0 aliphatic carbocycles. The van der Waals surface area contributed by atoms with Crippen LogP contribution in [0, 0.1) is 0 Å². The standard InChI is InChI=1S/C12H19ClN2O3S/c1-2-7-18-8-3-6-15-19(16,17)12-5-4-10(13)9-11(12)14/h4-5,9,15H,2-3,6-8,14H2,1H3. The van der Waals surface area contributed by atoms with Gasteiger partial charge in [0.1, 0.15) is 4.90 Å². The first-order chi connectivity index (χ1) is 8.97. The summed E-state index contributed by atoms with van der Waals surface area (Å²) in [6, 6.07) is 4.31. The van der Waals surface area contributed by atoms with Crippen molar-refractivity contribution in [3.05, 3.63) is 23.2 Å². The lowest BCUT2D eigenvalue weighted by atomic mass is 10.3. The van der Waals surface area contributed by atoms with Gasteiger partial charge in [0.05, 0.1) is 5.69 Å². The molecule has 0 fully saturated rings. The van der Waals surface area contributed by atoms with Gasteiger partial charge in [-0.15, -0.1) is 0 Å². The van der Waals surface area contributed by atoms with Crippen LogP contribution in [0.2, 0.25) is 5.02 Å². The fourth-order valence-electron chi connectivity index (χ4n) is 1.47. The van der Waals surface area contributed by atoms with E-state index < -0.39 is 10.0 Å². The van der Waals surface area contributed by atoms with E-state index in [-0.39, 0.29) is 10.6 Å². The van der Waals surface area contributed by atoms with E-state index in [1.54, 1.807) is 0 Å². The molecule has 0 unspecified atom stereocenters. The minimum Gasteiger partial charge on any atom is -0.398 e. The summed E-state index contributed by atoms with van der Waals surface area (Å²) in [6.07, 6.45) is 1.57. The van der Waals surface area contributed by atoms with Crippen LogP contribution in [0.4, 0.5) is 5.69 Å². The van der Waals surface area contributed by atoms with E-state index in [0.29, 0.717) is 31.2 Å². The molecule has 5 nitrogen and oxygen atoms in total. The third-order valence-electron chi connectivity index (χ3n) is 2.37. The highest BCUT2D eigenvalue weighted by Crippen LogP contribution is 2.22. The van der Waals surface area contributed by atoms with Gasteiger partial charge < -0.3 is 10.5 Å². The summed E-state index contributed by atoms with van der Waals surface area (Å²) in [5.41, 5.74) is 5.79. The number of nitrogen functional groups attached to an aromatic ring is 1. The number of nitrogens with one attached hydrogen (secondary N) is 1. The summed E-state index contributed by atoms with van der Waals surface area (Å²) in [6.45, 7) is 3.56. The maximum absolute atomic E-state index is 12.0. The second kappa shape index (κ2) is 7.69. The highest BCUT2D eigenvalue weighted by molar-refractivity contribution is 7.89. The monoisotopic (exact) mass is 306 g/mol. The van der Waals surface area contributed by atoms with Gasteiger partial charge in [-0.2, -0.15) is 0 Å². The van der Waals surface area contributed by atoms with Gasteiger partial charge in [0.2, 0.25) is 10.0 Å². The zero-order valence-corrected chi connectivity index (χ0v) is 12.4. The van der Waals surface area contributed by atoms with Gasteiger partial charge in [-0.3, -0.25) is 0 Å². The zero-order chi connectivity index (χ0) is 14.3. The van der Waals surface area contributed by atoms with Crippen LogP contribution in [0.3, 0.4) is 0 Å². The second-order valence-electron chi connectivity index (χ2n) is 4.05. The second-order valence-corrected chi connectivity index (χ2v) is 6.22. The summed E-state index contributed by atoms with van der Waals surface area (Å²) in [4.78, 5) is 0.0476. The van der Waals surface area contributed by atoms with Crippen LogP contribution in [0.5, 0.6) is 0 Å². The number of hydrogen-bond donors (Lipinski definition) is 2. The van der Waals surface area contributed by atoms with Crippen molar-refractivity contribution < 1.29 is 13.2 Å². The van der Waals surface area contributed by atoms with E-state index in [9.17, 15) is 8.42 Å². The molecule has 0 heterocycles. The summed E-state index contributed by atoms with van der Waals surface area (Å²) in [5.74, 6) is 0. The van der Waals surface area contributed by atoms with Gasteiger partial charge in [0.25, 0.3) is 0 Å². The normalized spacial score (nSPS) is 11.7. The first kappa shape index (κ1) is 16.2. The Morgan fingerprint density at radius 3 is 2.74 bits per heavy atom. The number of hydrogen-bond acceptors (Lipinski definition) is 4. The van der Waals surface area contributed by atoms with Gasteiger partial charge in [-0.05, 0) is 31.0 Å². The van der Waals surface area contributed by atoms with E-state index >= 15 is 0 Å². The number of rotatable bonds is 8. The maximum atomic E-state index is 12.0. The Morgan fingerprint density at radius 2 is 2.11 bits per heavy atom. The van der Waals surface area contributed by atoms with Crippen molar-refractivity contribution in [1.82, 2.24) is 4.72 Å². The van der Waals surface area contributed by atoms with Crippen LogP contribution in [-0.4, -0.2) is 28.2 Å². The molecule has 3 N–H and O–H groups in total. The molecule has 108 valence electrons. The minimum atomic E-state index is -3.59. The Kier molecular flexibility index (Phi) is 6.57. The van der Waals surface area contributed by atoms with Gasteiger partial charge >= 0.3 is 0 Å². The van der Waals surface area contributed by atoms with Gasteiger partial charge in [-0.1, -0.05) is 18.5 Å². The van der Waals surface area contributed by atoms with E-state index in [1.165, 1.54) is 18.2 Å². The van der Waals surface area contributed by atoms with Crippen molar-refractivity contribution in [3.8, 4) is 0 Å². The average Bonchev–Trinajstić information content (AvgIpc) is 2.33. The van der Waals surface area contributed by atoms with Crippen LogP contribution in [0.1, 0.15) is 19.8 Å². The molecule has 0 atom stereocenters. The Balaban J connectivity index is 2.52. The quantitative estimate of drug-likeness (QED) is 0.568. The number of anilines is 1. The Morgan fingerprint density at radius 1 is 1.37 bits per heavy atom. The van der Waals surface area contributed by atoms with Crippen molar-refractivity contribution in [1.29, 1.82) is 0 Å². The third-order valence-corrected chi connectivity index (χ3v) is 4.14. The number of benzene rings is 1. The molecule has 0 saturated carbocycles. The van der Waals surface area contributed by atoms with Crippen LogP contribution in [0.15, 0.2) is 23.1 Å². The smallest absolute Gasteiger partial charge is 0.242 e. The number of sulfonamides is 1. The number of ether oxygens (including phenoxy) is 1. The molecule has 0 bridgehead atoms. The lowest BCUT2D eigenvalue weighted by Gasteiger charge is -2.09. The molecule has 0 radical (unpaired) electrons. The summed E-state index contributed by atoms with van der Waals surface area (Å²) in [5, 5.41) is 0.407.